The largest absolute Gasteiger partial charge is 0.341 e. The third kappa shape index (κ3) is 4.14. The molecule has 1 saturated heterocycles. The van der Waals surface area contributed by atoms with Crippen molar-refractivity contribution >= 4 is 17.2 Å². The molecule has 0 radical (unpaired) electrons. The molecule has 2 aromatic heterocycles. The van der Waals surface area contributed by atoms with Crippen molar-refractivity contribution in [2.24, 2.45) is 0 Å². The van der Waals surface area contributed by atoms with Gasteiger partial charge in [-0.3, -0.25) is 14.4 Å². The lowest BCUT2D eigenvalue weighted by Crippen LogP contribution is -2.35. The summed E-state index contributed by atoms with van der Waals surface area (Å²) >= 11 is 1.80. The number of hydrogen-bond donors (Lipinski definition) is 0. The molecule has 2 aromatic rings. The van der Waals surface area contributed by atoms with Crippen LogP contribution in [0.4, 0.5) is 0 Å². The summed E-state index contributed by atoms with van der Waals surface area (Å²) in [7, 11) is 0. The molecule has 0 aromatic carbocycles. The SMILES string of the molecule is O=C(CCn1cncn1)N1CCCN(Cc2cccs2)CC1. The number of amides is 1. The van der Waals surface area contributed by atoms with Crippen LogP contribution in [-0.2, 0) is 17.9 Å². The molecule has 0 saturated carbocycles. The summed E-state index contributed by atoms with van der Waals surface area (Å²) in [6, 6.07) is 4.27. The van der Waals surface area contributed by atoms with Crippen molar-refractivity contribution in [3.63, 3.8) is 0 Å². The Morgan fingerprint density at radius 1 is 1.27 bits per heavy atom. The topological polar surface area (TPSA) is 54.3 Å². The monoisotopic (exact) mass is 319 g/mol. The summed E-state index contributed by atoms with van der Waals surface area (Å²) in [5, 5.41) is 6.15. The maximum absolute atomic E-state index is 12.3. The van der Waals surface area contributed by atoms with Crippen molar-refractivity contribution < 1.29 is 4.79 Å². The van der Waals surface area contributed by atoms with E-state index < -0.39 is 0 Å². The van der Waals surface area contributed by atoms with Gasteiger partial charge in [0.05, 0.1) is 6.54 Å². The fourth-order valence-corrected chi connectivity index (χ4v) is 3.46. The molecular formula is C15H21N5OS. The number of aryl methyl sites for hydroxylation is 1. The minimum atomic E-state index is 0.216. The normalized spacial score (nSPS) is 16.6. The van der Waals surface area contributed by atoms with Gasteiger partial charge in [0.25, 0.3) is 0 Å². The predicted octanol–water partition coefficient (Wildman–Crippen LogP) is 1.46. The van der Waals surface area contributed by atoms with E-state index in [0.29, 0.717) is 13.0 Å². The summed E-state index contributed by atoms with van der Waals surface area (Å²) in [5.41, 5.74) is 0. The van der Waals surface area contributed by atoms with E-state index in [2.05, 4.69) is 32.5 Å². The minimum Gasteiger partial charge on any atom is -0.341 e. The number of carbonyl (C=O) groups is 1. The molecule has 118 valence electrons. The molecule has 0 spiro atoms. The van der Waals surface area contributed by atoms with Crippen molar-refractivity contribution in [2.45, 2.75) is 25.9 Å². The second kappa shape index (κ2) is 7.51. The van der Waals surface area contributed by atoms with E-state index >= 15 is 0 Å². The number of rotatable bonds is 5. The third-order valence-corrected chi connectivity index (χ3v) is 4.78. The zero-order chi connectivity index (χ0) is 15.2. The molecule has 0 aliphatic carbocycles. The highest BCUT2D eigenvalue weighted by molar-refractivity contribution is 7.09. The van der Waals surface area contributed by atoms with Crippen molar-refractivity contribution in [1.29, 1.82) is 0 Å². The van der Waals surface area contributed by atoms with Crippen molar-refractivity contribution in [1.82, 2.24) is 24.6 Å². The van der Waals surface area contributed by atoms with E-state index in [0.717, 1.165) is 39.1 Å². The van der Waals surface area contributed by atoms with Crippen LogP contribution in [0.5, 0.6) is 0 Å². The first kappa shape index (κ1) is 15.2. The second-order valence-corrected chi connectivity index (χ2v) is 6.53. The number of carbonyl (C=O) groups excluding carboxylic acids is 1. The molecule has 0 atom stereocenters. The lowest BCUT2D eigenvalue weighted by atomic mass is 10.3. The summed E-state index contributed by atoms with van der Waals surface area (Å²) in [6.45, 7) is 5.29. The quantitative estimate of drug-likeness (QED) is 0.837. The molecule has 22 heavy (non-hydrogen) atoms. The first-order valence-electron chi connectivity index (χ1n) is 7.66. The Bertz CT molecular complexity index is 569. The second-order valence-electron chi connectivity index (χ2n) is 5.50. The Balaban J connectivity index is 1.46. The van der Waals surface area contributed by atoms with Crippen LogP contribution < -0.4 is 0 Å². The van der Waals surface area contributed by atoms with Crippen molar-refractivity contribution in [3.05, 3.63) is 35.0 Å². The highest BCUT2D eigenvalue weighted by Crippen LogP contribution is 2.14. The van der Waals surface area contributed by atoms with Gasteiger partial charge in [0.2, 0.25) is 5.91 Å². The van der Waals surface area contributed by atoms with Crippen LogP contribution in [0, 0.1) is 0 Å². The fraction of sp³-hybridized carbons (Fsp3) is 0.533. The van der Waals surface area contributed by atoms with Gasteiger partial charge in [0.1, 0.15) is 12.7 Å². The molecule has 7 heteroatoms. The van der Waals surface area contributed by atoms with Crippen LogP contribution in [0.15, 0.2) is 30.2 Å². The zero-order valence-electron chi connectivity index (χ0n) is 12.6. The maximum atomic E-state index is 12.3. The van der Waals surface area contributed by atoms with E-state index in [1.807, 2.05) is 4.90 Å². The lowest BCUT2D eigenvalue weighted by molar-refractivity contribution is -0.131. The Kier molecular flexibility index (Phi) is 5.18. The van der Waals surface area contributed by atoms with Gasteiger partial charge < -0.3 is 4.90 Å². The Hall–Kier alpha value is -1.73. The molecule has 0 N–H and O–H groups in total. The number of hydrogen-bond acceptors (Lipinski definition) is 5. The van der Waals surface area contributed by atoms with Crippen molar-refractivity contribution in [2.75, 3.05) is 26.2 Å². The zero-order valence-corrected chi connectivity index (χ0v) is 13.4. The lowest BCUT2D eigenvalue weighted by Gasteiger charge is -2.21. The van der Waals surface area contributed by atoms with E-state index in [4.69, 9.17) is 0 Å². The van der Waals surface area contributed by atoms with Crippen LogP contribution in [0.25, 0.3) is 0 Å². The first-order valence-corrected chi connectivity index (χ1v) is 8.54. The van der Waals surface area contributed by atoms with Crippen molar-refractivity contribution in [3.8, 4) is 0 Å². The molecule has 1 fully saturated rings. The van der Waals surface area contributed by atoms with Gasteiger partial charge in [0.15, 0.2) is 0 Å². The number of nitrogens with zero attached hydrogens (tertiary/aromatic N) is 5. The average molecular weight is 319 g/mol. The molecule has 0 unspecified atom stereocenters. The van der Waals surface area contributed by atoms with Crippen LogP contribution in [0.3, 0.4) is 0 Å². The van der Waals surface area contributed by atoms with Gasteiger partial charge in [-0.25, -0.2) is 4.98 Å². The third-order valence-electron chi connectivity index (χ3n) is 3.92. The first-order chi connectivity index (χ1) is 10.8. The van der Waals surface area contributed by atoms with Crippen LogP contribution in [0.2, 0.25) is 0 Å². The standard InChI is InChI=1S/C15H21N5OS/c21-15(4-7-20-13-16-12-17-20)19-6-2-5-18(8-9-19)11-14-3-1-10-22-14/h1,3,10,12-13H,2,4-9,11H2. The van der Waals surface area contributed by atoms with E-state index in [9.17, 15) is 4.79 Å². The molecule has 0 bridgehead atoms. The highest BCUT2D eigenvalue weighted by Gasteiger charge is 2.19. The van der Waals surface area contributed by atoms with Gasteiger partial charge in [-0.15, -0.1) is 11.3 Å². The molecule has 1 amide bonds. The summed E-state index contributed by atoms with van der Waals surface area (Å²) < 4.78 is 1.71. The highest BCUT2D eigenvalue weighted by atomic mass is 32.1. The van der Waals surface area contributed by atoms with E-state index in [1.54, 1.807) is 22.3 Å². The molecule has 1 aliphatic heterocycles. The van der Waals surface area contributed by atoms with Crippen LogP contribution in [-0.4, -0.2) is 56.7 Å². The van der Waals surface area contributed by atoms with E-state index in [-0.39, 0.29) is 5.91 Å². The Labute approximate surface area is 134 Å². The Morgan fingerprint density at radius 2 is 2.23 bits per heavy atom. The van der Waals surface area contributed by atoms with Gasteiger partial charge in [-0.1, -0.05) is 6.07 Å². The maximum Gasteiger partial charge on any atom is 0.224 e. The summed E-state index contributed by atoms with van der Waals surface area (Å²) in [6.07, 6.45) is 4.69. The summed E-state index contributed by atoms with van der Waals surface area (Å²) in [5.74, 6) is 0.216. The fourth-order valence-electron chi connectivity index (χ4n) is 2.72. The molecular weight excluding hydrogens is 298 g/mol. The number of aromatic nitrogens is 3. The number of thiophene rings is 1. The Morgan fingerprint density at radius 3 is 3.00 bits per heavy atom. The molecule has 3 rings (SSSR count). The average Bonchev–Trinajstić information content (AvgIpc) is 3.16. The van der Waals surface area contributed by atoms with Gasteiger partial charge in [-0.2, -0.15) is 5.10 Å². The van der Waals surface area contributed by atoms with Gasteiger partial charge in [0, 0.05) is 44.0 Å². The molecule has 3 heterocycles. The van der Waals surface area contributed by atoms with Crippen LogP contribution in [0.1, 0.15) is 17.7 Å². The smallest absolute Gasteiger partial charge is 0.224 e. The minimum absolute atomic E-state index is 0.216. The van der Waals surface area contributed by atoms with Gasteiger partial charge in [-0.05, 0) is 17.9 Å². The molecule has 1 aliphatic rings. The predicted molar refractivity (Wildman–Crippen MR) is 85.4 cm³/mol. The van der Waals surface area contributed by atoms with Gasteiger partial charge >= 0.3 is 0 Å². The molecule has 6 nitrogen and oxygen atoms in total. The van der Waals surface area contributed by atoms with E-state index in [1.165, 1.54) is 11.2 Å². The summed E-state index contributed by atoms with van der Waals surface area (Å²) in [4.78, 5) is 22.0. The van der Waals surface area contributed by atoms with Crippen LogP contribution >= 0.6 is 11.3 Å².